The Morgan fingerprint density at radius 3 is 2.53 bits per heavy atom. The fourth-order valence-electron chi connectivity index (χ4n) is 2.10. The number of nitrogens with two attached hydrogens (primary N) is 1. The Kier molecular flexibility index (Phi) is 2.62. The molecule has 3 N–H and O–H groups in total. The summed E-state index contributed by atoms with van der Waals surface area (Å²) in [5.41, 5.74) is 8.15. The molecule has 0 aliphatic heterocycles. The van der Waals surface area contributed by atoms with Crippen LogP contribution in [0.15, 0.2) is 18.2 Å². The van der Waals surface area contributed by atoms with Crippen LogP contribution in [0.5, 0.6) is 0 Å². The van der Waals surface area contributed by atoms with E-state index in [1.165, 1.54) is 0 Å². The molecule has 4 nitrogen and oxygen atoms in total. The molecule has 4 heteroatoms. The van der Waals surface area contributed by atoms with Gasteiger partial charge in [0.1, 0.15) is 11.9 Å². The maximum atomic E-state index is 9.82. The van der Waals surface area contributed by atoms with Crippen LogP contribution in [0.25, 0.3) is 11.0 Å². The number of benzene rings is 1. The summed E-state index contributed by atoms with van der Waals surface area (Å²) in [6, 6.07) is 5.65. The molecule has 1 atom stereocenters. The highest BCUT2D eigenvalue weighted by Crippen LogP contribution is 2.29. The summed E-state index contributed by atoms with van der Waals surface area (Å²) in [6.07, 6.45) is -0.595. The summed E-state index contributed by atoms with van der Waals surface area (Å²) in [4.78, 5) is 4.47. The van der Waals surface area contributed by atoms with Gasteiger partial charge in [-0.05, 0) is 45.9 Å². The third-order valence-corrected chi connectivity index (χ3v) is 2.75. The van der Waals surface area contributed by atoms with Crippen molar-refractivity contribution in [3.05, 3.63) is 24.0 Å². The summed E-state index contributed by atoms with van der Waals surface area (Å²) in [6.45, 7) is 8.01. The van der Waals surface area contributed by atoms with Crippen molar-refractivity contribution in [3.8, 4) is 0 Å². The molecule has 0 bridgehead atoms. The minimum Gasteiger partial charge on any atom is -0.399 e. The molecular weight excluding hydrogens is 214 g/mol. The van der Waals surface area contributed by atoms with E-state index in [1.54, 1.807) is 6.92 Å². The smallest absolute Gasteiger partial charge is 0.139 e. The lowest BCUT2D eigenvalue weighted by molar-refractivity contribution is 0.176. The normalized spacial score (nSPS) is 14.2. The van der Waals surface area contributed by atoms with Crippen LogP contribution in [0.1, 0.15) is 39.6 Å². The zero-order valence-electron chi connectivity index (χ0n) is 10.7. The minimum absolute atomic E-state index is 0.128. The predicted octanol–water partition coefficient (Wildman–Crippen LogP) is 2.43. The molecule has 92 valence electrons. The Balaban J connectivity index is 2.81. The van der Waals surface area contributed by atoms with Gasteiger partial charge in [-0.3, -0.25) is 0 Å². The summed E-state index contributed by atoms with van der Waals surface area (Å²) < 4.78 is 2.06. The molecule has 17 heavy (non-hydrogen) atoms. The number of anilines is 1. The number of nitrogens with zero attached hydrogens (tertiary/aromatic N) is 2. The van der Waals surface area contributed by atoms with Crippen LogP contribution in [0, 0.1) is 0 Å². The highest BCUT2D eigenvalue weighted by molar-refractivity contribution is 5.80. The third-order valence-electron chi connectivity index (χ3n) is 2.75. The highest BCUT2D eigenvalue weighted by Gasteiger charge is 2.23. The number of nitrogen functional groups attached to an aromatic ring is 1. The number of hydrogen-bond acceptors (Lipinski definition) is 3. The van der Waals surface area contributed by atoms with E-state index in [-0.39, 0.29) is 5.54 Å². The van der Waals surface area contributed by atoms with Crippen LogP contribution >= 0.6 is 0 Å². The second kappa shape index (κ2) is 3.74. The molecular formula is C13H19N3O. The number of rotatable bonds is 1. The first-order valence-electron chi connectivity index (χ1n) is 5.77. The summed E-state index contributed by atoms with van der Waals surface area (Å²) in [5.74, 6) is 0.679. The SMILES string of the molecule is CC(O)c1nc2cc(N)ccc2n1C(C)(C)C. The van der Waals surface area contributed by atoms with Crippen molar-refractivity contribution in [3.63, 3.8) is 0 Å². The molecule has 1 heterocycles. The Morgan fingerprint density at radius 2 is 2.00 bits per heavy atom. The van der Waals surface area contributed by atoms with Crippen LogP contribution in [-0.4, -0.2) is 14.7 Å². The molecule has 0 amide bonds. The fraction of sp³-hybridized carbons (Fsp3) is 0.462. The second-order valence-corrected chi connectivity index (χ2v) is 5.40. The van der Waals surface area contributed by atoms with Crippen molar-refractivity contribution in [2.45, 2.75) is 39.3 Å². The molecule has 0 fully saturated rings. The third kappa shape index (κ3) is 2.00. The van der Waals surface area contributed by atoms with Crippen molar-refractivity contribution >= 4 is 16.7 Å². The Bertz CT molecular complexity index is 550. The van der Waals surface area contributed by atoms with Gasteiger partial charge in [-0.2, -0.15) is 0 Å². The lowest BCUT2D eigenvalue weighted by Gasteiger charge is -2.25. The number of fused-ring (bicyclic) bond motifs is 1. The maximum absolute atomic E-state index is 9.82. The first-order chi connectivity index (χ1) is 7.80. The molecule has 0 radical (unpaired) electrons. The molecule has 0 aliphatic carbocycles. The molecule has 1 unspecified atom stereocenters. The van der Waals surface area contributed by atoms with E-state index in [1.807, 2.05) is 18.2 Å². The zero-order chi connectivity index (χ0) is 12.8. The fourth-order valence-corrected chi connectivity index (χ4v) is 2.10. The van der Waals surface area contributed by atoms with E-state index in [0.717, 1.165) is 11.0 Å². The molecule has 0 saturated heterocycles. The highest BCUT2D eigenvalue weighted by atomic mass is 16.3. The number of aliphatic hydroxyl groups excluding tert-OH is 1. The standard InChI is InChI=1S/C13H19N3O/c1-8(17)12-15-10-7-9(14)5-6-11(10)16(12)13(2,3)4/h5-8,17H,14H2,1-4H3. The summed E-state index contributed by atoms with van der Waals surface area (Å²) in [7, 11) is 0. The van der Waals surface area contributed by atoms with E-state index in [4.69, 9.17) is 5.73 Å². The average Bonchev–Trinajstić information content (AvgIpc) is 2.55. The molecule has 1 aromatic heterocycles. The second-order valence-electron chi connectivity index (χ2n) is 5.40. The Morgan fingerprint density at radius 1 is 1.35 bits per heavy atom. The minimum atomic E-state index is -0.595. The van der Waals surface area contributed by atoms with Crippen molar-refractivity contribution in [1.82, 2.24) is 9.55 Å². The van der Waals surface area contributed by atoms with Crippen molar-refractivity contribution in [1.29, 1.82) is 0 Å². The quantitative estimate of drug-likeness (QED) is 0.743. The van der Waals surface area contributed by atoms with Gasteiger partial charge in [0.05, 0.1) is 11.0 Å². The monoisotopic (exact) mass is 233 g/mol. The number of imidazole rings is 1. The zero-order valence-corrected chi connectivity index (χ0v) is 10.7. The van der Waals surface area contributed by atoms with Gasteiger partial charge >= 0.3 is 0 Å². The summed E-state index contributed by atoms with van der Waals surface area (Å²) >= 11 is 0. The molecule has 2 rings (SSSR count). The van der Waals surface area contributed by atoms with Crippen LogP contribution in [0.4, 0.5) is 5.69 Å². The van der Waals surface area contributed by atoms with Gasteiger partial charge in [-0.15, -0.1) is 0 Å². The lowest BCUT2D eigenvalue weighted by atomic mass is 10.1. The van der Waals surface area contributed by atoms with Gasteiger partial charge in [-0.25, -0.2) is 4.98 Å². The van der Waals surface area contributed by atoms with Gasteiger partial charge in [-0.1, -0.05) is 0 Å². The average molecular weight is 233 g/mol. The van der Waals surface area contributed by atoms with Gasteiger partial charge in [0.25, 0.3) is 0 Å². The van der Waals surface area contributed by atoms with Crippen molar-refractivity contribution < 1.29 is 5.11 Å². The van der Waals surface area contributed by atoms with Crippen LogP contribution in [0.3, 0.4) is 0 Å². The Hall–Kier alpha value is -1.55. The van der Waals surface area contributed by atoms with Crippen molar-refractivity contribution in [2.24, 2.45) is 0 Å². The van der Waals surface area contributed by atoms with Crippen LogP contribution in [0.2, 0.25) is 0 Å². The molecule has 0 spiro atoms. The van der Waals surface area contributed by atoms with E-state index >= 15 is 0 Å². The first-order valence-corrected chi connectivity index (χ1v) is 5.77. The van der Waals surface area contributed by atoms with Crippen LogP contribution in [-0.2, 0) is 5.54 Å². The van der Waals surface area contributed by atoms with Gasteiger partial charge in [0.15, 0.2) is 0 Å². The molecule has 0 saturated carbocycles. The van der Waals surface area contributed by atoms with E-state index in [0.29, 0.717) is 11.5 Å². The molecule has 1 aromatic carbocycles. The topological polar surface area (TPSA) is 64.1 Å². The first kappa shape index (κ1) is 11.9. The molecule has 0 aliphatic rings. The van der Waals surface area contributed by atoms with E-state index < -0.39 is 6.10 Å². The largest absolute Gasteiger partial charge is 0.399 e. The number of hydrogen-bond donors (Lipinski definition) is 2. The predicted molar refractivity (Wildman–Crippen MR) is 69.8 cm³/mol. The van der Waals surface area contributed by atoms with E-state index in [9.17, 15) is 5.11 Å². The van der Waals surface area contributed by atoms with E-state index in [2.05, 4.69) is 30.3 Å². The summed E-state index contributed by atoms with van der Waals surface area (Å²) in [5, 5.41) is 9.82. The number of aliphatic hydroxyl groups is 1. The molecule has 2 aromatic rings. The Labute approximate surface area is 101 Å². The lowest BCUT2D eigenvalue weighted by Crippen LogP contribution is -2.24. The van der Waals surface area contributed by atoms with Gasteiger partial charge < -0.3 is 15.4 Å². The maximum Gasteiger partial charge on any atom is 0.139 e. The van der Waals surface area contributed by atoms with Crippen molar-refractivity contribution in [2.75, 3.05) is 5.73 Å². The van der Waals surface area contributed by atoms with Crippen LogP contribution < -0.4 is 5.73 Å². The number of aromatic nitrogens is 2. The van der Waals surface area contributed by atoms with Gasteiger partial charge in [0.2, 0.25) is 0 Å². The van der Waals surface area contributed by atoms with Gasteiger partial charge in [0, 0.05) is 11.2 Å².